The summed E-state index contributed by atoms with van der Waals surface area (Å²) in [6, 6.07) is 6.32. The lowest BCUT2D eigenvalue weighted by Crippen LogP contribution is -2.31. The van der Waals surface area contributed by atoms with Crippen molar-refractivity contribution in [3.05, 3.63) is 36.0 Å². The van der Waals surface area contributed by atoms with E-state index in [1.54, 1.807) is 30.5 Å². The smallest absolute Gasteiger partial charge is 0.260 e. The zero-order valence-corrected chi connectivity index (χ0v) is 23.9. The van der Waals surface area contributed by atoms with Crippen LogP contribution >= 0.6 is 0 Å². The van der Waals surface area contributed by atoms with Gasteiger partial charge in [-0.2, -0.15) is 9.29 Å². The summed E-state index contributed by atoms with van der Waals surface area (Å²) in [4.78, 5) is 22.4. The van der Waals surface area contributed by atoms with Gasteiger partial charge in [0.05, 0.1) is 4.90 Å². The van der Waals surface area contributed by atoms with Crippen molar-refractivity contribution in [2.24, 2.45) is 5.92 Å². The van der Waals surface area contributed by atoms with Crippen LogP contribution in [0.1, 0.15) is 88.9 Å². The molecule has 1 fully saturated rings. The van der Waals surface area contributed by atoms with Crippen LogP contribution in [0.2, 0.25) is 0 Å². The van der Waals surface area contributed by atoms with Crippen LogP contribution in [-0.2, 0) is 10.0 Å². The van der Waals surface area contributed by atoms with Crippen molar-refractivity contribution in [1.29, 1.82) is 0 Å². The number of anilines is 3. The first-order valence-corrected chi connectivity index (χ1v) is 15.6. The van der Waals surface area contributed by atoms with E-state index in [1.807, 2.05) is 13.8 Å². The average Bonchev–Trinajstić information content (AvgIpc) is 2.93. The SMILES string of the molecule is CCCCNc1ncc(C(=O)Nc2ccc(S(=O)(=O)N(CC)CCCC)cc2)c(NCC2CCCCC2)n1. The summed E-state index contributed by atoms with van der Waals surface area (Å²) in [5.41, 5.74) is 0.865. The van der Waals surface area contributed by atoms with Crippen molar-refractivity contribution in [2.75, 3.05) is 42.1 Å². The highest BCUT2D eigenvalue weighted by molar-refractivity contribution is 7.89. The highest BCUT2D eigenvalue weighted by Crippen LogP contribution is 2.25. The summed E-state index contributed by atoms with van der Waals surface area (Å²) in [6.07, 6.45) is 11.5. The van der Waals surface area contributed by atoms with Crippen LogP contribution in [0.15, 0.2) is 35.4 Å². The minimum absolute atomic E-state index is 0.217. The molecule has 10 heteroatoms. The second kappa shape index (κ2) is 15.0. The van der Waals surface area contributed by atoms with Gasteiger partial charge in [0.15, 0.2) is 0 Å². The second-order valence-electron chi connectivity index (χ2n) is 9.95. The van der Waals surface area contributed by atoms with Crippen molar-refractivity contribution in [2.45, 2.75) is 83.5 Å². The number of nitrogens with one attached hydrogen (secondary N) is 3. The van der Waals surface area contributed by atoms with E-state index in [1.165, 1.54) is 36.4 Å². The summed E-state index contributed by atoms with van der Waals surface area (Å²) in [7, 11) is -3.58. The van der Waals surface area contributed by atoms with Crippen molar-refractivity contribution >= 4 is 33.4 Å². The molecule has 1 aromatic carbocycles. The van der Waals surface area contributed by atoms with Gasteiger partial charge in [0.1, 0.15) is 11.4 Å². The van der Waals surface area contributed by atoms with Gasteiger partial charge in [0.25, 0.3) is 5.91 Å². The number of aromatic nitrogens is 2. The van der Waals surface area contributed by atoms with E-state index in [9.17, 15) is 13.2 Å². The first-order chi connectivity index (χ1) is 18.4. The van der Waals surface area contributed by atoms with Crippen LogP contribution in [0.25, 0.3) is 0 Å². The molecule has 1 aliphatic carbocycles. The molecule has 210 valence electrons. The number of nitrogens with zero attached hydrogens (tertiary/aromatic N) is 3. The summed E-state index contributed by atoms with van der Waals surface area (Å²) in [5.74, 6) is 1.24. The molecular formula is C28H44N6O3S. The number of sulfonamides is 1. The molecule has 0 bridgehead atoms. The van der Waals surface area contributed by atoms with E-state index >= 15 is 0 Å². The standard InChI is InChI=1S/C28H44N6O3S/c1-4-7-18-29-28-31-21-25(26(33-28)30-20-22-12-10-9-11-13-22)27(35)32-23-14-16-24(17-15-23)38(36,37)34(6-3)19-8-5-2/h14-17,21-22H,4-13,18-20H2,1-3H3,(H,32,35)(H2,29,30,31,33). The molecule has 9 nitrogen and oxygen atoms in total. The number of carbonyl (C=O) groups excluding carboxylic acids is 1. The highest BCUT2D eigenvalue weighted by Gasteiger charge is 2.23. The van der Waals surface area contributed by atoms with Gasteiger partial charge < -0.3 is 16.0 Å². The van der Waals surface area contributed by atoms with Crippen LogP contribution in [0, 0.1) is 5.92 Å². The fraction of sp³-hybridized carbons (Fsp3) is 0.607. The predicted octanol–water partition coefficient (Wildman–Crippen LogP) is 5.74. The third-order valence-electron chi connectivity index (χ3n) is 6.99. The van der Waals surface area contributed by atoms with E-state index in [-0.39, 0.29) is 10.8 Å². The van der Waals surface area contributed by atoms with Gasteiger partial charge in [0, 0.05) is 38.1 Å². The molecule has 3 rings (SSSR count). The monoisotopic (exact) mass is 544 g/mol. The van der Waals surface area contributed by atoms with Crippen LogP contribution in [0.4, 0.5) is 17.5 Å². The lowest BCUT2D eigenvalue weighted by atomic mass is 9.89. The lowest BCUT2D eigenvalue weighted by Gasteiger charge is -2.22. The fourth-order valence-electron chi connectivity index (χ4n) is 4.62. The number of unbranched alkanes of at least 4 members (excludes halogenated alkanes) is 2. The number of amides is 1. The normalized spacial score (nSPS) is 14.4. The zero-order valence-electron chi connectivity index (χ0n) is 23.1. The number of hydrogen-bond donors (Lipinski definition) is 3. The number of carbonyl (C=O) groups is 1. The van der Waals surface area contributed by atoms with Gasteiger partial charge in [-0.25, -0.2) is 13.4 Å². The molecule has 0 spiro atoms. The Labute approximate surface area is 228 Å². The molecule has 0 radical (unpaired) electrons. The molecule has 1 amide bonds. The van der Waals surface area contributed by atoms with Gasteiger partial charge in [-0.1, -0.05) is 52.9 Å². The third-order valence-corrected chi connectivity index (χ3v) is 8.98. The molecule has 1 aliphatic rings. The zero-order chi connectivity index (χ0) is 27.4. The van der Waals surface area contributed by atoms with Gasteiger partial charge in [-0.05, 0) is 55.9 Å². The van der Waals surface area contributed by atoms with E-state index in [4.69, 9.17) is 0 Å². The van der Waals surface area contributed by atoms with Crippen molar-refractivity contribution in [3.8, 4) is 0 Å². The second-order valence-corrected chi connectivity index (χ2v) is 11.9. The van der Waals surface area contributed by atoms with E-state index in [2.05, 4.69) is 32.8 Å². The Bertz CT molecular complexity index is 1120. The van der Waals surface area contributed by atoms with E-state index in [0.29, 0.717) is 42.0 Å². The summed E-state index contributed by atoms with van der Waals surface area (Å²) in [5, 5.41) is 9.52. The molecule has 1 saturated carbocycles. The summed E-state index contributed by atoms with van der Waals surface area (Å²) < 4.78 is 27.5. The molecule has 38 heavy (non-hydrogen) atoms. The molecule has 1 heterocycles. The first kappa shape index (κ1) is 29.8. The largest absolute Gasteiger partial charge is 0.369 e. The first-order valence-electron chi connectivity index (χ1n) is 14.1. The molecule has 3 N–H and O–H groups in total. The minimum Gasteiger partial charge on any atom is -0.369 e. The summed E-state index contributed by atoms with van der Waals surface area (Å²) in [6.45, 7) is 8.46. The highest BCUT2D eigenvalue weighted by atomic mass is 32.2. The molecule has 0 saturated heterocycles. The maximum absolute atomic E-state index is 13.2. The number of benzene rings is 1. The molecule has 0 unspecified atom stereocenters. The Kier molecular flexibility index (Phi) is 11.8. The average molecular weight is 545 g/mol. The quantitative estimate of drug-likeness (QED) is 0.245. The molecule has 0 atom stereocenters. The van der Waals surface area contributed by atoms with Crippen LogP contribution in [0.3, 0.4) is 0 Å². The van der Waals surface area contributed by atoms with Gasteiger partial charge >= 0.3 is 0 Å². The van der Waals surface area contributed by atoms with Crippen LogP contribution < -0.4 is 16.0 Å². The Morgan fingerprint density at radius 1 is 1.00 bits per heavy atom. The van der Waals surface area contributed by atoms with E-state index in [0.717, 1.165) is 38.8 Å². The van der Waals surface area contributed by atoms with E-state index < -0.39 is 10.0 Å². The molecule has 2 aromatic rings. The predicted molar refractivity (Wildman–Crippen MR) is 154 cm³/mol. The topological polar surface area (TPSA) is 116 Å². The minimum atomic E-state index is -3.58. The maximum atomic E-state index is 13.2. The van der Waals surface area contributed by atoms with Gasteiger partial charge in [0.2, 0.25) is 16.0 Å². The number of rotatable bonds is 15. The maximum Gasteiger partial charge on any atom is 0.260 e. The summed E-state index contributed by atoms with van der Waals surface area (Å²) >= 11 is 0. The molecular weight excluding hydrogens is 500 g/mol. The van der Waals surface area contributed by atoms with Crippen molar-refractivity contribution < 1.29 is 13.2 Å². The molecule has 0 aliphatic heterocycles. The Balaban J connectivity index is 1.73. The van der Waals surface area contributed by atoms with Crippen molar-refractivity contribution in [3.63, 3.8) is 0 Å². The third kappa shape index (κ3) is 8.39. The van der Waals surface area contributed by atoms with Crippen LogP contribution in [0.5, 0.6) is 0 Å². The van der Waals surface area contributed by atoms with Gasteiger partial charge in [-0.15, -0.1) is 0 Å². The Morgan fingerprint density at radius 2 is 1.71 bits per heavy atom. The van der Waals surface area contributed by atoms with Crippen molar-refractivity contribution in [1.82, 2.24) is 14.3 Å². The number of hydrogen-bond acceptors (Lipinski definition) is 7. The Hall–Kier alpha value is -2.72. The fourth-order valence-corrected chi connectivity index (χ4v) is 6.11. The molecule has 1 aromatic heterocycles. The van der Waals surface area contributed by atoms with Crippen LogP contribution in [-0.4, -0.2) is 54.8 Å². The lowest BCUT2D eigenvalue weighted by molar-refractivity contribution is 0.102. The Morgan fingerprint density at radius 3 is 2.37 bits per heavy atom. The van der Waals surface area contributed by atoms with Gasteiger partial charge in [-0.3, -0.25) is 4.79 Å².